The lowest BCUT2D eigenvalue weighted by atomic mass is 9.97. The molecular weight excluding hydrogens is 416 g/mol. The van der Waals surface area contributed by atoms with Crippen molar-refractivity contribution < 1.29 is 17.7 Å². The number of rotatable bonds is 5. The average molecular weight is 441 g/mol. The van der Waals surface area contributed by atoms with E-state index in [4.69, 9.17) is 16.1 Å². The molecule has 1 fully saturated rings. The smallest absolute Gasteiger partial charge is 0.251 e. The van der Waals surface area contributed by atoms with Crippen molar-refractivity contribution in [3.05, 3.63) is 40.5 Å². The van der Waals surface area contributed by atoms with Crippen molar-refractivity contribution in [3.8, 4) is 0 Å². The number of hydrogen-bond donors (Lipinski definition) is 1. The van der Waals surface area contributed by atoms with Crippen LogP contribution in [0.25, 0.3) is 0 Å². The number of halogens is 1. The highest BCUT2D eigenvalue weighted by Gasteiger charge is 2.29. The molecule has 1 saturated heterocycles. The van der Waals surface area contributed by atoms with Crippen molar-refractivity contribution in [3.63, 3.8) is 0 Å². The van der Waals surface area contributed by atoms with Gasteiger partial charge in [-0.15, -0.1) is 0 Å². The highest BCUT2D eigenvalue weighted by Crippen LogP contribution is 2.28. The Balaban J connectivity index is 1.75. The molecule has 1 aromatic heterocycles. The van der Waals surface area contributed by atoms with Gasteiger partial charge in [0.2, 0.25) is 15.9 Å². The molecule has 1 aliphatic rings. The topological polar surface area (TPSA) is 105 Å². The molecule has 1 amide bonds. The molecule has 0 unspecified atom stereocenters. The molecular formula is C19H25ClN4O4S. The van der Waals surface area contributed by atoms with E-state index in [1.54, 1.807) is 0 Å². The predicted molar refractivity (Wildman–Crippen MR) is 108 cm³/mol. The Morgan fingerprint density at radius 2 is 1.93 bits per heavy atom. The van der Waals surface area contributed by atoms with Gasteiger partial charge >= 0.3 is 0 Å². The third kappa shape index (κ3) is 4.96. The molecule has 0 spiro atoms. The van der Waals surface area contributed by atoms with Gasteiger partial charge < -0.3 is 9.84 Å². The monoisotopic (exact) mass is 440 g/mol. The lowest BCUT2D eigenvalue weighted by molar-refractivity contribution is 0.0949. The van der Waals surface area contributed by atoms with Crippen LogP contribution in [-0.4, -0.2) is 41.9 Å². The molecule has 0 saturated carbocycles. The molecule has 0 radical (unpaired) electrons. The minimum atomic E-state index is -3.75. The molecule has 0 bridgehead atoms. The van der Waals surface area contributed by atoms with Gasteiger partial charge in [-0.25, -0.2) is 8.42 Å². The summed E-state index contributed by atoms with van der Waals surface area (Å²) in [6.07, 6.45) is 2.64. The third-order valence-electron chi connectivity index (χ3n) is 4.64. The number of amides is 1. The van der Waals surface area contributed by atoms with E-state index in [2.05, 4.69) is 15.5 Å². The normalized spacial score (nSPS) is 16.0. The second-order valence-corrected chi connectivity index (χ2v) is 10.4. The highest BCUT2D eigenvalue weighted by atomic mass is 35.5. The first-order valence-electron chi connectivity index (χ1n) is 9.50. The second kappa shape index (κ2) is 8.41. The zero-order valence-corrected chi connectivity index (χ0v) is 18.3. The summed E-state index contributed by atoms with van der Waals surface area (Å²) in [6.45, 7) is 6.82. The Morgan fingerprint density at radius 3 is 2.55 bits per heavy atom. The van der Waals surface area contributed by atoms with Gasteiger partial charge in [0.1, 0.15) is 4.90 Å². The van der Waals surface area contributed by atoms with Gasteiger partial charge in [0.15, 0.2) is 5.82 Å². The summed E-state index contributed by atoms with van der Waals surface area (Å²) in [5, 5.41) is 6.64. The maximum Gasteiger partial charge on any atom is 0.251 e. The van der Waals surface area contributed by atoms with Crippen LogP contribution in [0.5, 0.6) is 0 Å². The van der Waals surface area contributed by atoms with Crippen molar-refractivity contribution in [2.24, 2.45) is 0 Å². The fraction of sp³-hybridized carbons (Fsp3) is 0.526. The maximum atomic E-state index is 12.9. The Bertz CT molecular complexity index is 992. The Labute approximate surface area is 175 Å². The molecule has 0 atom stereocenters. The average Bonchev–Trinajstić information content (AvgIpc) is 3.16. The first-order chi connectivity index (χ1) is 13.6. The van der Waals surface area contributed by atoms with E-state index in [0.29, 0.717) is 24.8 Å². The number of piperidine rings is 1. The molecule has 29 heavy (non-hydrogen) atoms. The van der Waals surface area contributed by atoms with Crippen molar-refractivity contribution in [1.82, 2.24) is 19.8 Å². The Morgan fingerprint density at radius 1 is 1.24 bits per heavy atom. The summed E-state index contributed by atoms with van der Waals surface area (Å²) in [6, 6.07) is 4.24. The van der Waals surface area contributed by atoms with Gasteiger partial charge in [0.25, 0.3) is 5.91 Å². The maximum absolute atomic E-state index is 12.9. The van der Waals surface area contributed by atoms with Gasteiger partial charge in [-0.05, 0) is 31.0 Å². The molecule has 3 rings (SSSR count). The van der Waals surface area contributed by atoms with E-state index >= 15 is 0 Å². The summed E-state index contributed by atoms with van der Waals surface area (Å²) in [7, 11) is -3.75. The summed E-state index contributed by atoms with van der Waals surface area (Å²) >= 11 is 6.15. The van der Waals surface area contributed by atoms with Crippen LogP contribution in [0.1, 0.15) is 62.1 Å². The number of benzene rings is 1. The fourth-order valence-corrected chi connectivity index (χ4v) is 5.00. The molecule has 1 aliphatic heterocycles. The zero-order valence-electron chi connectivity index (χ0n) is 16.7. The van der Waals surface area contributed by atoms with Crippen molar-refractivity contribution in [1.29, 1.82) is 0 Å². The van der Waals surface area contributed by atoms with E-state index < -0.39 is 15.9 Å². The SMILES string of the molecule is CC(C)(C)c1nc(CNC(=O)c2ccc(Cl)c(S(=O)(=O)N3CCCCC3)c2)no1. The number of sulfonamides is 1. The van der Waals surface area contributed by atoms with Crippen LogP contribution in [0, 0.1) is 0 Å². The van der Waals surface area contributed by atoms with E-state index in [0.717, 1.165) is 19.3 Å². The van der Waals surface area contributed by atoms with Gasteiger partial charge in [0, 0.05) is 24.1 Å². The van der Waals surface area contributed by atoms with Crippen LogP contribution in [0.2, 0.25) is 5.02 Å². The lowest BCUT2D eigenvalue weighted by Crippen LogP contribution is -2.36. The van der Waals surface area contributed by atoms with E-state index in [1.165, 1.54) is 22.5 Å². The Hall–Kier alpha value is -1.97. The molecule has 158 valence electrons. The van der Waals surface area contributed by atoms with Crippen LogP contribution in [0.15, 0.2) is 27.6 Å². The van der Waals surface area contributed by atoms with Gasteiger partial charge in [0.05, 0.1) is 11.6 Å². The largest absolute Gasteiger partial charge is 0.345 e. The number of nitrogens with one attached hydrogen (secondary N) is 1. The Kier molecular flexibility index (Phi) is 6.30. The first-order valence-corrected chi connectivity index (χ1v) is 11.3. The summed E-state index contributed by atoms with van der Waals surface area (Å²) in [4.78, 5) is 16.8. The van der Waals surface area contributed by atoms with Crippen LogP contribution >= 0.6 is 11.6 Å². The van der Waals surface area contributed by atoms with Crippen LogP contribution in [0.3, 0.4) is 0 Å². The molecule has 8 nitrogen and oxygen atoms in total. The quantitative estimate of drug-likeness (QED) is 0.765. The predicted octanol–water partition coefficient (Wildman–Crippen LogP) is 3.13. The number of hydrogen-bond acceptors (Lipinski definition) is 6. The number of nitrogens with zero attached hydrogens (tertiary/aromatic N) is 3. The second-order valence-electron chi connectivity index (χ2n) is 8.06. The zero-order chi connectivity index (χ0) is 21.2. The van der Waals surface area contributed by atoms with Gasteiger partial charge in [-0.1, -0.05) is 43.9 Å². The molecule has 1 aromatic carbocycles. The minimum absolute atomic E-state index is 0.0525. The molecule has 2 heterocycles. The van der Waals surface area contributed by atoms with E-state index in [-0.39, 0.29) is 27.4 Å². The number of aromatic nitrogens is 2. The first kappa shape index (κ1) is 21.7. The molecule has 2 aromatic rings. The minimum Gasteiger partial charge on any atom is -0.345 e. The highest BCUT2D eigenvalue weighted by molar-refractivity contribution is 7.89. The fourth-order valence-electron chi connectivity index (χ4n) is 2.98. The van der Waals surface area contributed by atoms with Crippen molar-refractivity contribution in [2.75, 3.05) is 13.1 Å². The van der Waals surface area contributed by atoms with E-state index in [9.17, 15) is 13.2 Å². The van der Waals surface area contributed by atoms with Crippen LogP contribution in [0.4, 0.5) is 0 Å². The number of carbonyl (C=O) groups excluding carboxylic acids is 1. The molecule has 1 N–H and O–H groups in total. The summed E-state index contributed by atoms with van der Waals surface area (Å²) in [5.74, 6) is 0.375. The molecule has 10 heteroatoms. The van der Waals surface area contributed by atoms with Gasteiger partial charge in [-0.3, -0.25) is 4.79 Å². The summed E-state index contributed by atoms with van der Waals surface area (Å²) < 4.78 is 32.5. The third-order valence-corrected chi connectivity index (χ3v) is 7.02. The number of carbonyl (C=O) groups is 1. The van der Waals surface area contributed by atoms with Crippen LogP contribution in [-0.2, 0) is 22.0 Å². The molecule has 0 aliphatic carbocycles. The van der Waals surface area contributed by atoms with Gasteiger partial charge in [-0.2, -0.15) is 9.29 Å². The summed E-state index contributed by atoms with van der Waals surface area (Å²) in [5.41, 5.74) is -0.0899. The van der Waals surface area contributed by atoms with Crippen molar-refractivity contribution >= 4 is 27.5 Å². The van der Waals surface area contributed by atoms with Crippen LogP contribution < -0.4 is 5.32 Å². The standard InChI is InChI=1S/C19H25ClN4O4S/c1-19(2,3)18-22-16(23-28-18)12-21-17(25)13-7-8-14(20)15(11-13)29(26,27)24-9-5-4-6-10-24/h7-8,11H,4-6,9-10,12H2,1-3H3,(H,21,25). The van der Waals surface area contributed by atoms with E-state index in [1.807, 2.05) is 20.8 Å². The van der Waals surface area contributed by atoms with Crippen molar-refractivity contribution in [2.45, 2.75) is 56.9 Å². The lowest BCUT2D eigenvalue weighted by Gasteiger charge is -2.26.